The van der Waals surface area contributed by atoms with E-state index in [9.17, 15) is 29.1 Å². The van der Waals surface area contributed by atoms with Crippen molar-refractivity contribution < 1.29 is 33.8 Å². The minimum atomic E-state index is -0.847. The smallest absolute Gasteiger partial charge is 0.412 e. The number of ether oxygens (including phenoxy) is 1. The molecule has 64 heavy (non-hydrogen) atoms. The first-order valence-corrected chi connectivity index (χ1v) is 23.2. The van der Waals surface area contributed by atoms with Gasteiger partial charge in [-0.1, -0.05) is 103 Å². The van der Waals surface area contributed by atoms with Crippen LogP contribution < -0.4 is 16.0 Å². The molecule has 0 aliphatic carbocycles. The lowest BCUT2D eigenvalue weighted by Crippen LogP contribution is -2.58. The molecule has 2 aromatic rings. The minimum Gasteiger partial charge on any atom is -0.444 e. The van der Waals surface area contributed by atoms with Crippen molar-refractivity contribution in [3.05, 3.63) is 77.4 Å². The van der Waals surface area contributed by atoms with E-state index in [1.54, 1.807) is 45.7 Å². The molecular weight excluding hydrogens is 809 g/mol. The number of aliphatic hydroxyl groups is 1. The predicted molar refractivity (Wildman–Crippen MR) is 255 cm³/mol. The van der Waals surface area contributed by atoms with Crippen molar-refractivity contribution in [3.8, 4) is 0 Å². The standard InChI is InChI=1S/C51H80N6O7/c1-16-33(6)45(34(7)28-42(58)57-27-21-26-41(57)35(8)36(9)47(60)52-37(10)46(59)39-23-18-17-19-24-39)56(15)49(62)43(31(2)3)54-48(61)44(32(4)5)55(14)30-38-22-20-25-40(29-38)53-50(63)64-51(11,12)13/h16-20,22-25,29,31-32,34-37,41,43-46,59H,21,26-28,30H2,1-15H3,(H,52,60)(H,53,63)(H,54,61)/b33-16-/t34-,35-,36-,37-,41+,43+,44+,45+,46-/m1/s1. The molecule has 2 aromatic carbocycles. The number of aliphatic hydroxyl groups excluding tert-OH is 1. The second-order valence-corrected chi connectivity index (χ2v) is 19.9. The van der Waals surface area contributed by atoms with Gasteiger partial charge in [-0.05, 0) is 108 Å². The molecule has 5 amide bonds. The SMILES string of the molecule is C/C=C(/C)[C@@H]([C@H](C)CC(=O)N1CCC[C@H]1[C@H](C)[C@@H](C)C(=O)N[C@H](C)[C@@H](O)c1ccccc1)N(C)C(=O)[C@@H](NC(=O)[C@H](C(C)C)N(C)Cc1cccc(NC(=O)OC(C)(C)C)c1)C(C)C. The molecule has 13 heteroatoms. The van der Waals surface area contributed by atoms with Gasteiger partial charge in [0.05, 0.1) is 24.2 Å². The Morgan fingerprint density at radius 3 is 2.09 bits per heavy atom. The van der Waals surface area contributed by atoms with Crippen LogP contribution in [0.15, 0.2) is 66.2 Å². The van der Waals surface area contributed by atoms with Crippen LogP contribution in [0.3, 0.4) is 0 Å². The van der Waals surface area contributed by atoms with Crippen LogP contribution in [0.5, 0.6) is 0 Å². The summed E-state index contributed by atoms with van der Waals surface area (Å²) < 4.78 is 5.41. The van der Waals surface area contributed by atoms with Gasteiger partial charge in [0.25, 0.3) is 0 Å². The van der Waals surface area contributed by atoms with Gasteiger partial charge in [0.1, 0.15) is 11.6 Å². The average molecular weight is 889 g/mol. The highest BCUT2D eigenvalue weighted by Gasteiger charge is 2.40. The third kappa shape index (κ3) is 14.9. The summed E-state index contributed by atoms with van der Waals surface area (Å²) in [6.45, 7) is 25.8. The molecule has 1 heterocycles. The number of carbonyl (C=O) groups excluding carboxylic acids is 5. The normalized spacial score (nSPS) is 18.4. The molecule has 13 nitrogen and oxygen atoms in total. The number of allylic oxidation sites excluding steroid dienone is 1. The van der Waals surface area contributed by atoms with E-state index in [0.717, 1.165) is 29.5 Å². The summed E-state index contributed by atoms with van der Waals surface area (Å²) in [5.41, 5.74) is 2.50. The number of amides is 5. The van der Waals surface area contributed by atoms with Gasteiger partial charge in [-0.25, -0.2) is 4.79 Å². The Balaban J connectivity index is 1.71. The van der Waals surface area contributed by atoms with Crippen LogP contribution in [0.4, 0.5) is 10.5 Å². The molecule has 1 aliphatic heterocycles. The fraction of sp³-hybridized carbons (Fsp3) is 0.627. The summed E-state index contributed by atoms with van der Waals surface area (Å²) in [6, 6.07) is 14.3. The molecule has 356 valence electrons. The third-order valence-electron chi connectivity index (χ3n) is 12.7. The van der Waals surface area contributed by atoms with Gasteiger partial charge in [-0.2, -0.15) is 0 Å². The van der Waals surface area contributed by atoms with Crippen molar-refractivity contribution in [2.75, 3.05) is 26.0 Å². The monoisotopic (exact) mass is 889 g/mol. The van der Waals surface area contributed by atoms with Crippen molar-refractivity contribution in [2.24, 2.45) is 29.6 Å². The average Bonchev–Trinajstić information content (AvgIpc) is 3.71. The first kappa shape index (κ1) is 53.6. The molecule has 0 radical (unpaired) electrons. The van der Waals surface area contributed by atoms with Crippen molar-refractivity contribution in [3.63, 3.8) is 0 Å². The number of likely N-dealkylation sites (tertiary alicyclic amines) is 1. The number of likely N-dealkylation sites (N-methyl/N-ethyl adjacent to an activating group) is 2. The second-order valence-electron chi connectivity index (χ2n) is 19.9. The summed E-state index contributed by atoms with van der Waals surface area (Å²) >= 11 is 0. The fourth-order valence-corrected chi connectivity index (χ4v) is 9.08. The minimum absolute atomic E-state index is 0.0141. The van der Waals surface area contributed by atoms with Crippen molar-refractivity contribution >= 4 is 35.4 Å². The van der Waals surface area contributed by atoms with Crippen LogP contribution in [0, 0.1) is 29.6 Å². The molecule has 1 aliphatic rings. The number of carbonyl (C=O) groups is 5. The lowest BCUT2D eigenvalue weighted by Gasteiger charge is -2.39. The van der Waals surface area contributed by atoms with Crippen LogP contribution in [-0.2, 0) is 30.5 Å². The first-order chi connectivity index (χ1) is 29.9. The summed E-state index contributed by atoms with van der Waals surface area (Å²) in [4.78, 5) is 74.5. The highest BCUT2D eigenvalue weighted by atomic mass is 16.6. The van der Waals surface area contributed by atoms with E-state index in [1.165, 1.54) is 0 Å². The number of benzene rings is 2. The molecule has 3 rings (SSSR count). The zero-order chi connectivity index (χ0) is 48.2. The van der Waals surface area contributed by atoms with Crippen LogP contribution in [0.2, 0.25) is 0 Å². The van der Waals surface area contributed by atoms with E-state index in [4.69, 9.17) is 4.74 Å². The van der Waals surface area contributed by atoms with E-state index < -0.39 is 47.9 Å². The lowest BCUT2D eigenvalue weighted by molar-refractivity contribution is -0.141. The maximum absolute atomic E-state index is 14.6. The van der Waals surface area contributed by atoms with E-state index in [1.807, 2.05) is 134 Å². The number of anilines is 1. The molecule has 4 N–H and O–H groups in total. The van der Waals surface area contributed by atoms with E-state index in [2.05, 4.69) is 16.0 Å². The van der Waals surface area contributed by atoms with Crippen LogP contribution >= 0.6 is 0 Å². The Kier molecular flexibility index (Phi) is 20.1. The Morgan fingerprint density at radius 1 is 0.875 bits per heavy atom. The molecule has 1 fully saturated rings. The van der Waals surface area contributed by atoms with Gasteiger partial charge in [-0.15, -0.1) is 0 Å². The Bertz CT molecular complexity index is 1890. The van der Waals surface area contributed by atoms with Gasteiger partial charge in [0, 0.05) is 44.2 Å². The fourth-order valence-electron chi connectivity index (χ4n) is 9.08. The maximum atomic E-state index is 14.6. The first-order valence-electron chi connectivity index (χ1n) is 23.2. The van der Waals surface area contributed by atoms with Crippen molar-refractivity contribution in [1.29, 1.82) is 0 Å². The quantitative estimate of drug-likeness (QED) is 0.0976. The van der Waals surface area contributed by atoms with Crippen molar-refractivity contribution in [2.45, 2.75) is 158 Å². The Morgan fingerprint density at radius 2 is 1.52 bits per heavy atom. The topological polar surface area (TPSA) is 161 Å². The van der Waals surface area contributed by atoms with Gasteiger partial charge < -0.3 is 30.3 Å². The van der Waals surface area contributed by atoms with E-state index in [-0.39, 0.29) is 59.8 Å². The molecule has 0 spiro atoms. The van der Waals surface area contributed by atoms with Gasteiger partial charge in [0.2, 0.25) is 23.6 Å². The summed E-state index contributed by atoms with van der Waals surface area (Å²) in [5.74, 6) is -1.79. The number of hydrogen-bond acceptors (Lipinski definition) is 8. The van der Waals surface area contributed by atoms with E-state index in [0.29, 0.717) is 18.8 Å². The second kappa shape index (κ2) is 24.0. The molecule has 9 atom stereocenters. The van der Waals surface area contributed by atoms with Crippen LogP contribution in [-0.4, -0.2) is 106 Å². The Labute approximate surface area is 384 Å². The molecular formula is C51H80N6O7. The molecule has 0 saturated carbocycles. The lowest BCUT2D eigenvalue weighted by atomic mass is 9.85. The highest BCUT2D eigenvalue weighted by molar-refractivity contribution is 5.90. The molecule has 0 bridgehead atoms. The summed E-state index contributed by atoms with van der Waals surface area (Å²) in [5, 5.41) is 19.8. The molecule has 0 aromatic heterocycles. The zero-order valence-corrected chi connectivity index (χ0v) is 41.4. The van der Waals surface area contributed by atoms with Crippen LogP contribution in [0.1, 0.15) is 127 Å². The Hall–Kier alpha value is -4.75. The van der Waals surface area contributed by atoms with Gasteiger partial charge >= 0.3 is 6.09 Å². The van der Waals surface area contributed by atoms with Gasteiger partial charge in [-0.3, -0.25) is 29.4 Å². The highest BCUT2D eigenvalue weighted by Crippen LogP contribution is 2.32. The van der Waals surface area contributed by atoms with Crippen LogP contribution in [0.25, 0.3) is 0 Å². The number of nitrogens with zero attached hydrogens (tertiary/aromatic N) is 3. The zero-order valence-electron chi connectivity index (χ0n) is 41.4. The van der Waals surface area contributed by atoms with Crippen molar-refractivity contribution in [1.82, 2.24) is 25.3 Å². The summed E-state index contributed by atoms with van der Waals surface area (Å²) in [6.07, 6.45) is 2.40. The predicted octanol–water partition coefficient (Wildman–Crippen LogP) is 7.95. The number of rotatable bonds is 20. The van der Waals surface area contributed by atoms with Gasteiger partial charge in [0.15, 0.2) is 0 Å². The molecule has 0 unspecified atom stereocenters. The number of hydrogen-bond donors (Lipinski definition) is 4. The largest absolute Gasteiger partial charge is 0.444 e. The van der Waals surface area contributed by atoms with E-state index >= 15 is 0 Å². The summed E-state index contributed by atoms with van der Waals surface area (Å²) in [7, 11) is 3.63. The third-order valence-corrected chi connectivity index (χ3v) is 12.7. The number of nitrogens with one attached hydrogen (secondary N) is 3. The molecule has 1 saturated heterocycles. The maximum Gasteiger partial charge on any atom is 0.412 e.